The van der Waals surface area contributed by atoms with E-state index in [4.69, 9.17) is 46.4 Å². The highest BCUT2D eigenvalue weighted by molar-refractivity contribution is 7.14. The first-order valence-corrected chi connectivity index (χ1v) is 13.3. The maximum atomic E-state index is 14.5. The van der Waals surface area contributed by atoms with Crippen LogP contribution < -0.4 is 10.6 Å². The molecular weight excluding hydrogens is 634 g/mol. The molecule has 2 heterocycles. The second kappa shape index (κ2) is 10.9. The van der Waals surface area contributed by atoms with Gasteiger partial charge in [0.2, 0.25) is 0 Å². The van der Waals surface area contributed by atoms with Gasteiger partial charge in [-0.3, -0.25) is 20.2 Å². The first-order chi connectivity index (χ1) is 17.8. The molecule has 0 aliphatic carbocycles. The van der Waals surface area contributed by atoms with Crippen LogP contribution >= 0.6 is 69.1 Å². The average Bonchev–Trinajstić information content (AvgIpc) is 3.48. The molecule has 198 valence electrons. The van der Waals surface area contributed by atoms with E-state index in [2.05, 4.69) is 9.97 Å². The van der Waals surface area contributed by atoms with E-state index < -0.39 is 33.9 Å². The normalized spacial score (nSPS) is 11.9. The van der Waals surface area contributed by atoms with Crippen molar-refractivity contribution in [2.24, 2.45) is 0 Å². The zero-order valence-electron chi connectivity index (χ0n) is 18.2. The highest BCUT2D eigenvalue weighted by Gasteiger charge is 2.67. The molecule has 4 rings (SSSR count). The summed E-state index contributed by atoms with van der Waals surface area (Å²) in [6.45, 7) is 0. The van der Waals surface area contributed by atoms with Gasteiger partial charge in [-0.25, -0.2) is 9.97 Å². The number of hydrogen-bond acceptors (Lipinski definition) is 6. The number of carbonyl (C=O) groups is 2. The zero-order chi connectivity index (χ0) is 27.8. The van der Waals surface area contributed by atoms with Crippen molar-refractivity contribution in [2.75, 3.05) is 10.6 Å². The predicted molar refractivity (Wildman–Crippen MR) is 142 cm³/mol. The number of benzene rings is 2. The summed E-state index contributed by atoms with van der Waals surface area (Å²) in [7, 11) is 0. The van der Waals surface area contributed by atoms with E-state index in [9.17, 15) is 27.2 Å². The molecule has 0 saturated carbocycles. The van der Waals surface area contributed by atoms with Crippen molar-refractivity contribution in [2.45, 2.75) is 11.8 Å². The van der Waals surface area contributed by atoms with Crippen LogP contribution in [0.1, 0.15) is 0 Å². The fourth-order valence-electron chi connectivity index (χ4n) is 2.94. The summed E-state index contributed by atoms with van der Waals surface area (Å²) in [5, 5.41) is 6.18. The number of anilines is 2. The third-order valence-corrected chi connectivity index (χ3v) is 7.44. The van der Waals surface area contributed by atoms with E-state index in [0.29, 0.717) is 43.8 Å². The van der Waals surface area contributed by atoms with Crippen molar-refractivity contribution < 1.29 is 27.2 Å². The minimum atomic E-state index is -5.44. The summed E-state index contributed by atoms with van der Waals surface area (Å²) < 4.78 is 58.0. The standard InChI is InChI=1S/C22H10Cl4F4N4O2S2/c23-9-1-3-11(13(25)5-9)15-7-37-19(31-15)33-17(35)21(27,28)22(29,30)18(36)34-20-32-16(8-38-20)12-4-2-10(24)6-14(12)26/h1-8H,(H,31,33,35)(H,32,34,36). The third kappa shape index (κ3) is 5.75. The van der Waals surface area contributed by atoms with Crippen molar-refractivity contribution in [3.05, 3.63) is 67.2 Å². The minimum absolute atomic E-state index is 0.181. The quantitative estimate of drug-likeness (QED) is 0.198. The Morgan fingerprint density at radius 1 is 0.684 bits per heavy atom. The molecule has 2 aromatic heterocycles. The van der Waals surface area contributed by atoms with E-state index in [1.807, 2.05) is 0 Å². The van der Waals surface area contributed by atoms with Gasteiger partial charge in [-0.2, -0.15) is 17.6 Å². The van der Waals surface area contributed by atoms with Gasteiger partial charge in [-0.15, -0.1) is 22.7 Å². The number of thiazole rings is 2. The average molecular weight is 644 g/mol. The van der Waals surface area contributed by atoms with Gasteiger partial charge >= 0.3 is 23.7 Å². The molecule has 2 N–H and O–H groups in total. The highest BCUT2D eigenvalue weighted by atomic mass is 35.5. The molecule has 6 nitrogen and oxygen atoms in total. The second-order valence-electron chi connectivity index (χ2n) is 7.38. The second-order valence-corrected chi connectivity index (χ2v) is 10.8. The Bertz CT molecular complexity index is 1430. The Balaban J connectivity index is 1.47. The monoisotopic (exact) mass is 642 g/mol. The molecule has 0 atom stereocenters. The third-order valence-electron chi connectivity index (χ3n) is 4.83. The van der Waals surface area contributed by atoms with Crippen LogP contribution in [0.5, 0.6) is 0 Å². The van der Waals surface area contributed by atoms with Gasteiger partial charge < -0.3 is 0 Å². The summed E-state index contributed by atoms with van der Waals surface area (Å²) >= 11 is 25.2. The summed E-state index contributed by atoms with van der Waals surface area (Å²) in [5.41, 5.74) is 1.10. The van der Waals surface area contributed by atoms with Crippen molar-refractivity contribution >= 4 is 91.2 Å². The first kappa shape index (κ1) is 28.5. The lowest BCUT2D eigenvalue weighted by molar-refractivity contribution is -0.204. The Kier molecular flexibility index (Phi) is 8.22. The molecule has 0 aliphatic heterocycles. The van der Waals surface area contributed by atoms with Crippen LogP contribution in [0, 0.1) is 0 Å². The molecule has 0 saturated heterocycles. The molecule has 0 bridgehead atoms. The van der Waals surface area contributed by atoms with Gasteiger partial charge in [0, 0.05) is 31.9 Å². The van der Waals surface area contributed by atoms with Gasteiger partial charge in [0.25, 0.3) is 0 Å². The summed E-state index contributed by atoms with van der Waals surface area (Å²) in [4.78, 5) is 32.1. The molecule has 2 aromatic carbocycles. The number of halogens is 8. The smallest absolute Gasteiger partial charge is 0.296 e. The fraction of sp³-hybridized carbons (Fsp3) is 0.0909. The van der Waals surface area contributed by atoms with Gasteiger partial charge in [-0.1, -0.05) is 46.4 Å². The van der Waals surface area contributed by atoms with E-state index in [1.165, 1.54) is 47.2 Å². The van der Waals surface area contributed by atoms with Crippen molar-refractivity contribution in [1.29, 1.82) is 0 Å². The van der Waals surface area contributed by atoms with E-state index in [1.54, 1.807) is 10.6 Å². The number of rotatable bonds is 7. The lowest BCUT2D eigenvalue weighted by Crippen LogP contribution is -2.56. The SMILES string of the molecule is O=C(Nc1nc(-c2ccc(Cl)cc2Cl)cs1)C(F)(F)C(F)(F)C(=O)Nc1nc(-c2ccc(Cl)cc2Cl)cs1. The molecule has 2 amide bonds. The van der Waals surface area contributed by atoms with Crippen molar-refractivity contribution in [3.8, 4) is 22.5 Å². The summed E-state index contributed by atoms with van der Waals surface area (Å²) in [6.07, 6.45) is 0. The number of hydrogen-bond donors (Lipinski definition) is 2. The van der Waals surface area contributed by atoms with Crippen LogP contribution in [0.15, 0.2) is 47.2 Å². The maximum Gasteiger partial charge on any atom is 0.396 e. The first-order valence-electron chi connectivity index (χ1n) is 10.00. The lowest BCUT2D eigenvalue weighted by Gasteiger charge is -2.23. The van der Waals surface area contributed by atoms with Crippen LogP contribution in [0.4, 0.5) is 27.8 Å². The Labute approximate surface area is 239 Å². The molecule has 0 radical (unpaired) electrons. The highest BCUT2D eigenvalue weighted by Crippen LogP contribution is 2.39. The minimum Gasteiger partial charge on any atom is -0.296 e. The van der Waals surface area contributed by atoms with E-state index in [-0.39, 0.29) is 21.4 Å². The number of alkyl halides is 4. The van der Waals surface area contributed by atoms with Crippen LogP contribution in [0.25, 0.3) is 22.5 Å². The summed E-state index contributed by atoms with van der Waals surface area (Å²) in [6, 6.07) is 8.84. The number of carbonyl (C=O) groups excluding carboxylic acids is 2. The molecule has 0 fully saturated rings. The zero-order valence-corrected chi connectivity index (χ0v) is 22.8. The number of nitrogens with zero attached hydrogens (tertiary/aromatic N) is 2. The molecule has 0 aliphatic rings. The van der Waals surface area contributed by atoms with Crippen molar-refractivity contribution in [1.82, 2.24) is 9.97 Å². The van der Waals surface area contributed by atoms with Gasteiger partial charge in [0.15, 0.2) is 10.3 Å². The Morgan fingerprint density at radius 2 is 1.05 bits per heavy atom. The maximum absolute atomic E-state index is 14.5. The van der Waals surface area contributed by atoms with Crippen LogP contribution in [-0.4, -0.2) is 33.6 Å². The number of amides is 2. The fourth-order valence-corrected chi connectivity index (χ4v) is 5.36. The largest absolute Gasteiger partial charge is 0.396 e. The molecule has 0 unspecified atom stereocenters. The number of aromatic nitrogens is 2. The van der Waals surface area contributed by atoms with Crippen LogP contribution in [-0.2, 0) is 9.59 Å². The van der Waals surface area contributed by atoms with Gasteiger partial charge in [0.05, 0.1) is 21.4 Å². The lowest BCUT2D eigenvalue weighted by atomic mass is 10.1. The molecule has 0 spiro atoms. The summed E-state index contributed by atoms with van der Waals surface area (Å²) in [5.74, 6) is -15.8. The van der Waals surface area contributed by atoms with Gasteiger partial charge in [-0.05, 0) is 36.4 Å². The molecule has 16 heteroatoms. The predicted octanol–water partition coefficient (Wildman–Crippen LogP) is 8.39. The van der Waals surface area contributed by atoms with Gasteiger partial charge in [0.1, 0.15) is 0 Å². The van der Waals surface area contributed by atoms with Crippen molar-refractivity contribution in [3.63, 3.8) is 0 Å². The molecular formula is C22H10Cl4F4N4O2S2. The topological polar surface area (TPSA) is 84.0 Å². The Hall–Kier alpha value is -2.48. The van der Waals surface area contributed by atoms with E-state index in [0.717, 1.165) is 0 Å². The van der Waals surface area contributed by atoms with E-state index >= 15 is 0 Å². The number of nitrogens with one attached hydrogen (secondary N) is 2. The molecule has 4 aromatic rings. The van der Waals surface area contributed by atoms with Crippen LogP contribution in [0.2, 0.25) is 20.1 Å². The Morgan fingerprint density at radius 3 is 1.39 bits per heavy atom. The van der Waals surface area contributed by atoms with Crippen LogP contribution in [0.3, 0.4) is 0 Å². The molecule has 38 heavy (non-hydrogen) atoms.